The topological polar surface area (TPSA) is 137 Å². The number of hydrogen-bond acceptors (Lipinski definition) is 4. The Morgan fingerprint density at radius 3 is 2.67 bits per heavy atom. The van der Waals surface area contributed by atoms with Crippen molar-refractivity contribution in [2.75, 3.05) is 11.9 Å². The van der Waals surface area contributed by atoms with Crippen LogP contribution in [-0.2, 0) is 4.79 Å². The Kier molecular flexibility index (Phi) is 6.35. The standard InChI is InChI=1S/C14H21N5O2/c1-9(20)10-4-2-5-11(8-10)19-13(21)12(15)6-3-7-18-14(16)17/h2,4-5,8,12H,3,6-7,15H2,1H3,(H,19,21)(H4,16,17,18)/t12-/m1/s1. The number of nitrogens with two attached hydrogens (primary N) is 3. The highest BCUT2D eigenvalue weighted by Gasteiger charge is 2.13. The predicted molar refractivity (Wildman–Crippen MR) is 83.0 cm³/mol. The summed E-state index contributed by atoms with van der Waals surface area (Å²) >= 11 is 0. The average Bonchev–Trinajstić information content (AvgIpc) is 2.43. The van der Waals surface area contributed by atoms with Crippen LogP contribution < -0.4 is 22.5 Å². The number of nitrogens with zero attached hydrogens (tertiary/aromatic N) is 1. The molecular formula is C14H21N5O2. The molecule has 7 nitrogen and oxygen atoms in total. The minimum Gasteiger partial charge on any atom is -0.370 e. The summed E-state index contributed by atoms with van der Waals surface area (Å²) in [7, 11) is 0. The second-order valence-corrected chi connectivity index (χ2v) is 4.68. The molecule has 0 aliphatic rings. The van der Waals surface area contributed by atoms with E-state index in [2.05, 4.69) is 10.3 Å². The van der Waals surface area contributed by atoms with Gasteiger partial charge >= 0.3 is 0 Å². The molecule has 0 aliphatic carbocycles. The minimum absolute atomic E-state index is 0.0223. The van der Waals surface area contributed by atoms with Crippen molar-refractivity contribution in [2.24, 2.45) is 22.2 Å². The number of rotatable bonds is 7. The number of Topliss-reactive ketones (excluding diaryl/α,β-unsaturated/α-hetero) is 1. The Balaban J connectivity index is 2.50. The average molecular weight is 291 g/mol. The molecule has 21 heavy (non-hydrogen) atoms. The molecule has 0 heterocycles. The van der Waals surface area contributed by atoms with Crippen molar-refractivity contribution >= 4 is 23.3 Å². The van der Waals surface area contributed by atoms with E-state index in [4.69, 9.17) is 17.2 Å². The van der Waals surface area contributed by atoms with Gasteiger partial charge < -0.3 is 22.5 Å². The number of guanidine groups is 1. The summed E-state index contributed by atoms with van der Waals surface area (Å²) in [6.45, 7) is 1.90. The fourth-order valence-electron chi connectivity index (χ4n) is 1.70. The van der Waals surface area contributed by atoms with Gasteiger partial charge in [-0.1, -0.05) is 12.1 Å². The Morgan fingerprint density at radius 2 is 2.05 bits per heavy atom. The summed E-state index contributed by atoms with van der Waals surface area (Å²) in [5, 5.41) is 2.69. The Labute approximate surface area is 123 Å². The van der Waals surface area contributed by atoms with Crippen molar-refractivity contribution in [3.8, 4) is 0 Å². The van der Waals surface area contributed by atoms with Crippen molar-refractivity contribution in [3.63, 3.8) is 0 Å². The molecule has 0 saturated carbocycles. The summed E-state index contributed by atoms with van der Waals surface area (Å²) in [5.41, 5.74) is 17.3. The van der Waals surface area contributed by atoms with E-state index in [1.807, 2.05) is 0 Å². The molecule has 0 unspecified atom stereocenters. The molecule has 0 saturated heterocycles. The first kappa shape index (κ1) is 16.6. The third kappa shape index (κ3) is 6.05. The maximum atomic E-state index is 11.9. The molecule has 7 heteroatoms. The van der Waals surface area contributed by atoms with Gasteiger partial charge in [0, 0.05) is 17.8 Å². The van der Waals surface area contributed by atoms with E-state index in [1.54, 1.807) is 24.3 Å². The Bertz CT molecular complexity index is 538. The predicted octanol–water partition coefficient (Wildman–Crippen LogP) is 0.209. The van der Waals surface area contributed by atoms with Crippen LogP contribution in [0.15, 0.2) is 29.3 Å². The number of aliphatic imine (C=N–C) groups is 1. The van der Waals surface area contributed by atoms with E-state index >= 15 is 0 Å². The summed E-state index contributed by atoms with van der Waals surface area (Å²) in [6.07, 6.45) is 1.08. The fourth-order valence-corrected chi connectivity index (χ4v) is 1.70. The third-order valence-electron chi connectivity index (χ3n) is 2.84. The summed E-state index contributed by atoms with van der Waals surface area (Å²) in [6, 6.07) is 6.06. The molecule has 0 fully saturated rings. The summed E-state index contributed by atoms with van der Waals surface area (Å²) < 4.78 is 0. The Hall–Kier alpha value is -2.41. The SMILES string of the molecule is CC(=O)c1cccc(NC(=O)[C@H](N)CCCN=C(N)N)c1. The van der Waals surface area contributed by atoms with E-state index < -0.39 is 6.04 Å². The van der Waals surface area contributed by atoms with Crippen LogP contribution >= 0.6 is 0 Å². The summed E-state index contributed by atoms with van der Waals surface area (Å²) in [5.74, 6) is -0.345. The molecule has 1 aromatic rings. The molecular weight excluding hydrogens is 270 g/mol. The van der Waals surface area contributed by atoms with Crippen LogP contribution in [0.2, 0.25) is 0 Å². The zero-order valence-corrected chi connectivity index (χ0v) is 12.0. The molecule has 1 atom stereocenters. The van der Waals surface area contributed by atoms with Crippen molar-refractivity contribution in [1.29, 1.82) is 0 Å². The van der Waals surface area contributed by atoms with Crippen molar-refractivity contribution in [1.82, 2.24) is 0 Å². The van der Waals surface area contributed by atoms with Gasteiger partial charge in [0.15, 0.2) is 11.7 Å². The highest BCUT2D eigenvalue weighted by atomic mass is 16.2. The van der Waals surface area contributed by atoms with Gasteiger partial charge in [0.1, 0.15) is 0 Å². The monoisotopic (exact) mass is 291 g/mol. The second-order valence-electron chi connectivity index (χ2n) is 4.68. The van der Waals surface area contributed by atoms with Crippen LogP contribution in [0.1, 0.15) is 30.1 Å². The largest absolute Gasteiger partial charge is 0.370 e. The zero-order valence-electron chi connectivity index (χ0n) is 12.0. The normalized spacial score (nSPS) is 11.5. The molecule has 7 N–H and O–H groups in total. The van der Waals surface area contributed by atoms with Gasteiger partial charge in [0.25, 0.3) is 0 Å². The van der Waals surface area contributed by atoms with Crippen LogP contribution in [-0.4, -0.2) is 30.2 Å². The number of carbonyl (C=O) groups is 2. The number of nitrogens with one attached hydrogen (secondary N) is 1. The molecule has 0 spiro atoms. The van der Waals surface area contributed by atoms with E-state index in [1.165, 1.54) is 6.92 Å². The van der Waals surface area contributed by atoms with Crippen LogP contribution in [0.5, 0.6) is 0 Å². The van der Waals surface area contributed by atoms with Crippen molar-refractivity contribution < 1.29 is 9.59 Å². The van der Waals surface area contributed by atoms with Crippen LogP contribution in [0.25, 0.3) is 0 Å². The number of hydrogen-bond donors (Lipinski definition) is 4. The lowest BCUT2D eigenvalue weighted by Gasteiger charge is -2.12. The molecule has 0 bridgehead atoms. The highest BCUT2D eigenvalue weighted by molar-refractivity contribution is 5.98. The lowest BCUT2D eigenvalue weighted by atomic mass is 10.1. The third-order valence-corrected chi connectivity index (χ3v) is 2.84. The first-order valence-corrected chi connectivity index (χ1v) is 6.63. The number of ketones is 1. The first-order chi connectivity index (χ1) is 9.90. The van der Waals surface area contributed by atoms with Crippen LogP contribution in [0, 0.1) is 0 Å². The molecule has 114 valence electrons. The van der Waals surface area contributed by atoms with Crippen LogP contribution in [0.4, 0.5) is 5.69 Å². The quantitative estimate of drug-likeness (QED) is 0.246. The van der Waals surface area contributed by atoms with E-state index in [-0.39, 0.29) is 17.6 Å². The maximum Gasteiger partial charge on any atom is 0.241 e. The van der Waals surface area contributed by atoms with Crippen molar-refractivity contribution in [3.05, 3.63) is 29.8 Å². The van der Waals surface area contributed by atoms with E-state index in [0.717, 1.165) is 0 Å². The lowest BCUT2D eigenvalue weighted by Crippen LogP contribution is -2.35. The van der Waals surface area contributed by atoms with Gasteiger partial charge in [0.05, 0.1) is 6.04 Å². The molecule has 1 amide bonds. The van der Waals surface area contributed by atoms with Crippen LogP contribution in [0.3, 0.4) is 0 Å². The molecule has 0 radical (unpaired) electrons. The molecule has 1 aromatic carbocycles. The smallest absolute Gasteiger partial charge is 0.241 e. The maximum absolute atomic E-state index is 11.9. The second kappa shape index (κ2) is 8.01. The summed E-state index contributed by atoms with van der Waals surface area (Å²) in [4.78, 5) is 27.0. The van der Waals surface area contributed by atoms with E-state index in [0.29, 0.717) is 30.6 Å². The molecule has 1 rings (SSSR count). The number of carbonyl (C=O) groups excluding carboxylic acids is 2. The minimum atomic E-state index is -0.653. The first-order valence-electron chi connectivity index (χ1n) is 6.63. The lowest BCUT2D eigenvalue weighted by molar-refractivity contribution is -0.117. The molecule has 0 aliphatic heterocycles. The van der Waals surface area contributed by atoms with Gasteiger partial charge in [-0.3, -0.25) is 14.6 Å². The fraction of sp³-hybridized carbons (Fsp3) is 0.357. The highest BCUT2D eigenvalue weighted by Crippen LogP contribution is 2.12. The van der Waals surface area contributed by atoms with Crippen molar-refractivity contribution in [2.45, 2.75) is 25.8 Å². The van der Waals surface area contributed by atoms with Gasteiger partial charge in [-0.2, -0.15) is 0 Å². The zero-order chi connectivity index (χ0) is 15.8. The molecule has 0 aromatic heterocycles. The van der Waals surface area contributed by atoms with Gasteiger partial charge in [-0.25, -0.2) is 0 Å². The van der Waals surface area contributed by atoms with Gasteiger partial charge in [0.2, 0.25) is 5.91 Å². The van der Waals surface area contributed by atoms with E-state index in [9.17, 15) is 9.59 Å². The van der Waals surface area contributed by atoms with Gasteiger partial charge in [-0.15, -0.1) is 0 Å². The number of benzene rings is 1. The Morgan fingerprint density at radius 1 is 1.33 bits per heavy atom. The number of anilines is 1. The number of amides is 1. The van der Waals surface area contributed by atoms with Gasteiger partial charge in [-0.05, 0) is 31.9 Å².